The number of benzene rings is 1. The molecule has 6 nitrogen and oxygen atoms in total. The van der Waals surface area contributed by atoms with Crippen LogP contribution in [0, 0.1) is 11.3 Å². The third kappa shape index (κ3) is 2.71. The number of rotatable bonds is 5. The third-order valence-corrected chi connectivity index (χ3v) is 5.45. The summed E-state index contributed by atoms with van der Waals surface area (Å²) < 4.78 is 6.59. The Morgan fingerprint density at radius 3 is 2.79 bits per heavy atom. The molecule has 0 aliphatic heterocycles. The summed E-state index contributed by atoms with van der Waals surface area (Å²) in [6.45, 7) is 2.01. The molecule has 0 bridgehead atoms. The first-order valence-corrected chi connectivity index (χ1v) is 8.17. The molecular weight excluding hydrogens is 306 g/mol. The molecular formula is C18H23N3O3. The Balaban J connectivity index is 1.94. The maximum absolute atomic E-state index is 12.5. The van der Waals surface area contributed by atoms with Gasteiger partial charge in [0.05, 0.1) is 19.1 Å². The number of aromatic nitrogens is 3. The van der Waals surface area contributed by atoms with E-state index in [0.29, 0.717) is 12.8 Å². The number of hydrogen-bond donors (Lipinski definition) is 1. The first-order valence-electron chi connectivity index (χ1n) is 8.17. The molecule has 1 saturated carbocycles. The van der Waals surface area contributed by atoms with Crippen molar-refractivity contribution in [2.45, 2.75) is 38.3 Å². The summed E-state index contributed by atoms with van der Waals surface area (Å²) in [5.74, 6) is -0.436. The molecule has 0 radical (unpaired) electrons. The van der Waals surface area contributed by atoms with Gasteiger partial charge in [-0.2, -0.15) is 5.10 Å². The average molecular weight is 329 g/mol. The summed E-state index contributed by atoms with van der Waals surface area (Å²) >= 11 is 0. The van der Waals surface area contributed by atoms with Gasteiger partial charge in [0.1, 0.15) is 18.3 Å². The lowest BCUT2D eigenvalue weighted by Crippen LogP contribution is -2.54. The summed E-state index contributed by atoms with van der Waals surface area (Å²) in [7, 11) is 1.37. The summed E-state index contributed by atoms with van der Waals surface area (Å²) in [6.07, 6.45) is 5.04. The van der Waals surface area contributed by atoms with Gasteiger partial charge in [-0.1, -0.05) is 30.3 Å². The lowest BCUT2D eigenvalue weighted by atomic mass is 9.71. The molecule has 1 heterocycles. The average Bonchev–Trinajstić information content (AvgIpc) is 3.18. The number of methoxy groups -OCH3 is 1. The van der Waals surface area contributed by atoms with Crippen LogP contribution in [0.3, 0.4) is 0 Å². The largest absolute Gasteiger partial charge is 0.469 e. The molecule has 1 aliphatic rings. The van der Waals surface area contributed by atoms with Crippen molar-refractivity contribution in [2.75, 3.05) is 7.11 Å². The molecule has 128 valence electrons. The van der Waals surface area contributed by atoms with E-state index in [1.165, 1.54) is 13.4 Å². The molecule has 1 N–H and O–H groups in total. The highest BCUT2D eigenvalue weighted by Crippen LogP contribution is 2.52. The normalized spacial score (nSPS) is 29.5. The topological polar surface area (TPSA) is 77.2 Å². The van der Waals surface area contributed by atoms with Crippen molar-refractivity contribution in [1.29, 1.82) is 0 Å². The van der Waals surface area contributed by atoms with Gasteiger partial charge < -0.3 is 9.84 Å². The van der Waals surface area contributed by atoms with Crippen LogP contribution >= 0.6 is 0 Å². The van der Waals surface area contributed by atoms with Gasteiger partial charge in [0.2, 0.25) is 0 Å². The van der Waals surface area contributed by atoms with E-state index in [1.54, 1.807) is 17.9 Å². The Morgan fingerprint density at radius 1 is 1.42 bits per heavy atom. The molecule has 3 rings (SSSR count). The van der Waals surface area contributed by atoms with Crippen LogP contribution in [0.2, 0.25) is 0 Å². The minimum atomic E-state index is -1.25. The van der Waals surface area contributed by atoms with Gasteiger partial charge in [-0.05, 0) is 37.7 Å². The zero-order chi connectivity index (χ0) is 17.2. The predicted octanol–water partition coefficient (Wildman–Crippen LogP) is 1.84. The fraction of sp³-hybridized carbons (Fsp3) is 0.500. The van der Waals surface area contributed by atoms with Gasteiger partial charge in [0, 0.05) is 0 Å². The molecule has 0 spiro atoms. The predicted molar refractivity (Wildman–Crippen MR) is 88.0 cm³/mol. The van der Waals surface area contributed by atoms with Gasteiger partial charge in [-0.25, -0.2) is 4.98 Å². The highest BCUT2D eigenvalue weighted by Gasteiger charge is 2.61. The summed E-state index contributed by atoms with van der Waals surface area (Å²) in [5, 5.41) is 15.7. The van der Waals surface area contributed by atoms with Crippen molar-refractivity contribution in [3.8, 4) is 0 Å². The van der Waals surface area contributed by atoms with Crippen LogP contribution in [0.1, 0.15) is 25.3 Å². The highest BCUT2D eigenvalue weighted by atomic mass is 16.5. The lowest BCUT2D eigenvalue weighted by Gasteiger charge is -2.40. The first kappa shape index (κ1) is 16.6. The Hall–Kier alpha value is -2.21. The second kappa shape index (κ2) is 6.36. The lowest BCUT2D eigenvalue weighted by molar-refractivity contribution is -0.173. The fourth-order valence-corrected chi connectivity index (χ4v) is 3.91. The van der Waals surface area contributed by atoms with E-state index >= 15 is 0 Å². The Morgan fingerprint density at radius 2 is 2.17 bits per heavy atom. The van der Waals surface area contributed by atoms with Crippen LogP contribution in [0.4, 0.5) is 0 Å². The SMILES string of the molecule is COC(=O)[C@]1(C)CC[C@@H](Cc2ccccc2)[C@]1(O)Cn1cncn1. The molecule has 1 aliphatic carbocycles. The van der Waals surface area contributed by atoms with E-state index in [1.807, 2.05) is 30.3 Å². The number of aliphatic hydroxyl groups is 1. The quantitative estimate of drug-likeness (QED) is 0.847. The Kier molecular flexibility index (Phi) is 4.41. The molecule has 6 heteroatoms. The van der Waals surface area contributed by atoms with Crippen LogP contribution in [0.25, 0.3) is 0 Å². The standard InChI is InChI=1S/C18H23N3O3/c1-17(16(22)24-2)9-8-15(10-14-6-4-3-5-7-14)18(17,23)11-21-13-19-12-20-21/h3-7,12-13,15,23H,8-11H2,1-2H3/t15-,17-,18+/m0/s1. The van der Waals surface area contributed by atoms with Crippen LogP contribution < -0.4 is 0 Å². The van der Waals surface area contributed by atoms with E-state index in [2.05, 4.69) is 10.1 Å². The van der Waals surface area contributed by atoms with E-state index in [4.69, 9.17) is 4.74 Å². The molecule has 3 atom stereocenters. The van der Waals surface area contributed by atoms with Crippen molar-refractivity contribution in [3.05, 3.63) is 48.5 Å². The Bertz CT molecular complexity index is 689. The maximum Gasteiger partial charge on any atom is 0.314 e. The molecule has 0 unspecified atom stereocenters. The van der Waals surface area contributed by atoms with E-state index < -0.39 is 11.0 Å². The molecule has 1 aromatic heterocycles. The third-order valence-electron chi connectivity index (χ3n) is 5.45. The first-order chi connectivity index (χ1) is 11.5. The number of nitrogens with zero attached hydrogens (tertiary/aromatic N) is 3. The zero-order valence-corrected chi connectivity index (χ0v) is 14.1. The molecule has 24 heavy (non-hydrogen) atoms. The number of ether oxygens (including phenoxy) is 1. The summed E-state index contributed by atoms with van der Waals surface area (Å²) in [5.41, 5.74) is -1.06. The molecule has 0 saturated heterocycles. The van der Waals surface area contributed by atoms with Gasteiger partial charge in [0.25, 0.3) is 0 Å². The highest BCUT2D eigenvalue weighted by molar-refractivity contribution is 5.78. The van der Waals surface area contributed by atoms with Gasteiger partial charge in [-0.3, -0.25) is 9.48 Å². The van der Waals surface area contributed by atoms with Crippen LogP contribution in [-0.4, -0.2) is 38.6 Å². The van der Waals surface area contributed by atoms with Gasteiger partial charge >= 0.3 is 5.97 Å². The molecule has 1 aromatic carbocycles. The summed E-state index contributed by atoms with van der Waals surface area (Å²) in [4.78, 5) is 16.4. The fourth-order valence-electron chi connectivity index (χ4n) is 3.91. The number of carbonyl (C=O) groups excluding carboxylic acids is 1. The van der Waals surface area contributed by atoms with Crippen molar-refractivity contribution in [2.24, 2.45) is 11.3 Å². The molecule has 2 aromatic rings. The minimum absolute atomic E-state index is 0.0619. The maximum atomic E-state index is 12.5. The zero-order valence-electron chi connectivity index (χ0n) is 14.1. The van der Waals surface area contributed by atoms with Crippen molar-refractivity contribution in [1.82, 2.24) is 14.8 Å². The van der Waals surface area contributed by atoms with E-state index in [0.717, 1.165) is 12.0 Å². The van der Waals surface area contributed by atoms with Gasteiger partial charge in [0.15, 0.2) is 0 Å². The minimum Gasteiger partial charge on any atom is -0.469 e. The Labute approximate surface area is 141 Å². The molecule has 0 amide bonds. The van der Waals surface area contributed by atoms with Crippen molar-refractivity contribution >= 4 is 5.97 Å². The van der Waals surface area contributed by atoms with E-state index in [9.17, 15) is 9.90 Å². The second-order valence-corrected chi connectivity index (χ2v) is 6.77. The van der Waals surface area contributed by atoms with Crippen LogP contribution in [0.5, 0.6) is 0 Å². The summed E-state index contributed by atoms with van der Waals surface area (Å²) in [6, 6.07) is 10.0. The monoisotopic (exact) mass is 329 g/mol. The van der Waals surface area contributed by atoms with Gasteiger partial charge in [-0.15, -0.1) is 0 Å². The van der Waals surface area contributed by atoms with E-state index in [-0.39, 0.29) is 18.4 Å². The van der Waals surface area contributed by atoms with Crippen molar-refractivity contribution in [3.63, 3.8) is 0 Å². The smallest absolute Gasteiger partial charge is 0.314 e. The second-order valence-electron chi connectivity index (χ2n) is 6.77. The number of hydrogen-bond acceptors (Lipinski definition) is 5. The number of esters is 1. The van der Waals surface area contributed by atoms with Crippen LogP contribution in [0.15, 0.2) is 43.0 Å². The number of carbonyl (C=O) groups is 1. The van der Waals surface area contributed by atoms with Crippen LogP contribution in [-0.2, 0) is 22.5 Å². The van der Waals surface area contributed by atoms with Crippen molar-refractivity contribution < 1.29 is 14.6 Å². The molecule has 1 fully saturated rings.